The molecule has 0 spiro atoms. The van der Waals surface area contributed by atoms with Gasteiger partial charge in [0.05, 0.1) is 11.4 Å². The molecule has 0 saturated heterocycles. The fourth-order valence-corrected chi connectivity index (χ4v) is 4.28. The maximum absolute atomic E-state index is 4.92. The predicted octanol–water partition coefficient (Wildman–Crippen LogP) is 6.07. The standard InChI is InChI=1S/C24H23N3S/c1-16-10-12-20(13-11-16)23-26-24(28-27(23)21-8-6-5-7-9-21)25-22-18(3)14-17(2)15-19(22)4/h5-15H,1-4H3. The zero-order valence-electron chi connectivity index (χ0n) is 16.6. The molecule has 1 aromatic heterocycles. The van der Waals surface area contributed by atoms with E-state index >= 15 is 0 Å². The van der Waals surface area contributed by atoms with Crippen LogP contribution >= 0.6 is 11.5 Å². The molecule has 0 aliphatic heterocycles. The molecule has 0 amide bonds. The molecule has 0 N–H and O–H groups in total. The Hall–Kier alpha value is -2.98. The van der Waals surface area contributed by atoms with Gasteiger partial charge < -0.3 is 0 Å². The van der Waals surface area contributed by atoms with Gasteiger partial charge in [-0.05, 0) is 62.5 Å². The smallest absolute Gasteiger partial charge is 0.228 e. The van der Waals surface area contributed by atoms with Gasteiger partial charge in [0.2, 0.25) is 4.80 Å². The first-order valence-corrected chi connectivity index (χ1v) is 10.1. The van der Waals surface area contributed by atoms with Crippen molar-refractivity contribution in [2.24, 2.45) is 4.99 Å². The number of benzene rings is 3. The van der Waals surface area contributed by atoms with Gasteiger partial charge in [-0.3, -0.25) is 0 Å². The predicted molar refractivity (Wildman–Crippen MR) is 117 cm³/mol. The van der Waals surface area contributed by atoms with E-state index in [1.54, 1.807) is 11.5 Å². The number of nitrogens with zero attached hydrogens (tertiary/aromatic N) is 3. The van der Waals surface area contributed by atoms with E-state index in [2.05, 4.69) is 80.2 Å². The SMILES string of the molecule is Cc1ccc(-c2nc(=Nc3c(C)cc(C)cc3C)sn2-c2ccccc2)cc1. The Morgan fingerprint density at radius 3 is 2.07 bits per heavy atom. The van der Waals surface area contributed by atoms with E-state index < -0.39 is 0 Å². The van der Waals surface area contributed by atoms with Crippen LogP contribution in [0.1, 0.15) is 22.3 Å². The number of hydrogen-bond acceptors (Lipinski definition) is 3. The Balaban J connectivity index is 1.92. The van der Waals surface area contributed by atoms with Gasteiger partial charge in [0, 0.05) is 5.56 Å². The quantitative estimate of drug-likeness (QED) is 0.421. The highest BCUT2D eigenvalue weighted by Gasteiger charge is 2.12. The third-order valence-corrected chi connectivity index (χ3v) is 5.62. The largest absolute Gasteiger partial charge is 0.246 e. The van der Waals surface area contributed by atoms with E-state index in [-0.39, 0.29) is 0 Å². The molecule has 4 rings (SSSR count). The summed E-state index contributed by atoms with van der Waals surface area (Å²) in [6.45, 7) is 8.43. The van der Waals surface area contributed by atoms with Crippen LogP contribution < -0.4 is 4.80 Å². The summed E-state index contributed by atoms with van der Waals surface area (Å²) >= 11 is 1.57. The summed E-state index contributed by atoms with van der Waals surface area (Å²) in [5, 5.41) is 0. The van der Waals surface area contributed by atoms with Gasteiger partial charge in [0.15, 0.2) is 5.82 Å². The van der Waals surface area contributed by atoms with Gasteiger partial charge in [-0.2, -0.15) is 4.98 Å². The van der Waals surface area contributed by atoms with Crippen LogP contribution in [0.3, 0.4) is 0 Å². The molecule has 4 heteroatoms. The fraction of sp³-hybridized carbons (Fsp3) is 0.167. The van der Waals surface area contributed by atoms with E-state index in [9.17, 15) is 0 Å². The van der Waals surface area contributed by atoms with Crippen LogP contribution in [-0.2, 0) is 0 Å². The van der Waals surface area contributed by atoms with Gasteiger partial charge in [-0.25, -0.2) is 8.95 Å². The van der Waals surface area contributed by atoms with E-state index in [1.165, 1.54) is 22.3 Å². The molecule has 0 aliphatic carbocycles. The average Bonchev–Trinajstić information content (AvgIpc) is 3.10. The summed E-state index contributed by atoms with van der Waals surface area (Å²) in [5.41, 5.74) is 8.04. The molecular formula is C24H23N3S. The monoisotopic (exact) mass is 385 g/mol. The summed E-state index contributed by atoms with van der Waals surface area (Å²) in [7, 11) is 0. The Kier molecular flexibility index (Phi) is 4.97. The second kappa shape index (κ2) is 7.56. The average molecular weight is 386 g/mol. The zero-order valence-corrected chi connectivity index (χ0v) is 17.4. The Morgan fingerprint density at radius 1 is 0.786 bits per heavy atom. The normalized spacial score (nSPS) is 11.8. The van der Waals surface area contributed by atoms with Crippen molar-refractivity contribution in [3.05, 3.63) is 93.8 Å². The van der Waals surface area contributed by atoms with Crippen LogP contribution in [0.4, 0.5) is 5.69 Å². The minimum atomic E-state index is 0.759. The van der Waals surface area contributed by atoms with E-state index in [0.29, 0.717) is 0 Å². The third kappa shape index (κ3) is 3.69. The summed E-state index contributed by atoms with van der Waals surface area (Å²) in [4.78, 5) is 10.6. The number of aromatic nitrogens is 2. The third-order valence-electron chi connectivity index (χ3n) is 4.71. The second-order valence-electron chi connectivity index (χ2n) is 7.16. The van der Waals surface area contributed by atoms with Crippen LogP contribution in [0, 0.1) is 27.7 Å². The zero-order chi connectivity index (χ0) is 19.7. The maximum Gasteiger partial charge on any atom is 0.228 e. The van der Waals surface area contributed by atoms with Crippen molar-refractivity contribution < 1.29 is 0 Å². The summed E-state index contributed by atoms with van der Waals surface area (Å²) < 4.78 is 2.16. The lowest BCUT2D eigenvalue weighted by molar-refractivity contribution is 1.12. The van der Waals surface area contributed by atoms with Crippen molar-refractivity contribution in [2.75, 3.05) is 0 Å². The van der Waals surface area contributed by atoms with Crippen LogP contribution in [0.15, 0.2) is 71.7 Å². The summed E-state index contributed by atoms with van der Waals surface area (Å²) in [6.07, 6.45) is 0. The fourth-order valence-electron chi connectivity index (χ4n) is 3.39. The lowest BCUT2D eigenvalue weighted by atomic mass is 10.1. The van der Waals surface area contributed by atoms with E-state index in [0.717, 1.165) is 27.6 Å². The molecule has 0 saturated carbocycles. The number of hydrogen-bond donors (Lipinski definition) is 0. The minimum Gasteiger partial charge on any atom is -0.246 e. The van der Waals surface area contributed by atoms with Crippen molar-refractivity contribution in [3.8, 4) is 17.1 Å². The molecule has 3 aromatic carbocycles. The van der Waals surface area contributed by atoms with Crippen LogP contribution in [0.25, 0.3) is 17.1 Å². The molecule has 0 aliphatic rings. The molecular weight excluding hydrogens is 362 g/mol. The highest BCUT2D eigenvalue weighted by Crippen LogP contribution is 2.26. The highest BCUT2D eigenvalue weighted by molar-refractivity contribution is 7.04. The molecule has 0 atom stereocenters. The first-order chi connectivity index (χ1) is 13.5. The molecule has 0 radical (unpaired) electrons. The molecule has 140 valence electrons. The molecule has 4 aromatic rings. The minimum absolute atomic E-state index is 0.759. The van der Waals surface area contributed by atoms with Crippen molar-refractivity contribution in [2.45, 2.75) is 27.7 Å². The van der Waals surface area contributed by atoms with Crippen molar-refractivity contribution in [1.29, 1.82) is 0 Å². The summed E-state index contributed by atoms with van der Waals surface area (Å²) in [5.74, 6) is 0.914. The molecule has 0 fully saturated rings. The lowest BCUT2D eigenvalue weighted by Gasteiger charge is -2.06. The number of para-hydroxylation sites is 1. The van der Waals surface area contributed by atoms with Crippen LogP contribution in [0.5, 0.6) is 0 Å². The number of aryl methyl sites for hydroxylation is 4. The molecule has 0 unspecified atom stereocenters. The Morgan fingerprint density at radius 2 is 1.43 bits per heavy atom. The van der Waals surface area contributed by atoms with Crippen molar-refractivity contribution in [3.63, 3.8) is 0 Å². The number of rotatable bonds is 3. The van der Waals surface area contributed by atoms with Crippen molar-refractivity contribution in [1.82, 2.24) is 8.94 Å². The van der Waals surface area contributed by atoms with E-state index in [1.807, 2.05) is 18.2 Å². The highest BCUT2D eigenvalue weighted by atomic mass is 32.1. The van der Waals surface area contributed by atoms with Crippen LogP contribution in [-0.4, -0.2) is 8.94 Å². The Labute approximate surface area is 169 Å². The van der Waals surface area contributed by atoms with Gasteiger partial charge >= 0.3 is 0 Å². The first-order valence-electron chi connectivity index (χ1n) is 9.37. The molecule has 3 nitrogen and oxygen atoms in total. The Bertz CT molecular complexity index is 1160. The molecule has 0 bridgehead atoms. The van der Waals surface area contributed by atoms with Crippen molar-refractivity contribution >= 4 is 17.2 Å². The molecule has 28 heavy (non-hydrogen) atoms. The van der Waals surface area contributed by atoms with Gasteiger partial charge in [0.25, 0.3) is 0 Å². The van der Waals surface area contributed by atoms with Crippen LogP contribution in [0.2, 0.25) is 0 Å². The first kappa shape index (κ1) is 18.4. The lowest BCUT2D eigenvalue weighted by Crippen LogP contribution is -1.98. The van der Waals surface area contributed by atoms with Gasteiger partial charge in [-0.1, -0.05) is 65.7 Å². The molecule has 1 heterocycles. The second-order valence-corrected chi connectivity index (χ2v) is 8.08. The van der Waals surface area contributed by atoms with E-state index in [4.69, 9.17) is 9.98 Å². The topological polar surface area (TPSA) is 30.2 Å². The van der Waals surface area contributed by atoms with Gasteiger partial charge in [0.1, 0.15) is 0 Å². The maximum atomic E-state index is 4.92. The summed E-state index contributed by atoms with van der Waals surface area (Å²) in [6, 6.07) is 23.1. The van der Waals surface area contributed by atoms with Gasteiger partial charge in [-0.15, -0.1) is 0 Å².